The molecule has 0 unspecified atom stereocenters. The summed E-state index contributed by atoms with van der Waals surface area (Å²) in [5.41, 5.74) is -0.459. The molecular weight excluding hydrogens is 280 g/mol. The van der Waals surface area contributed by atoms with Crippen LogP contribution in [0.3, 0.4) is 0 Å². The Bertz CT molecular complexity index is 482. The van der Waals surface area contributed by atoms with Gasteiger partial charge in [-0.25, -0.2) is 4.31 Å². The van der Waals surface area contributed by atoms with Gasteiger partial charge in [-0.2, -0.15) is 0 Å². The van der Waals surface area contributed by atoms with Crippen molar-refractivity contribution in [2.45, 2.75) is 31.3 Å². The lowest BCUT2D eigenvalue weighted by Crippen LogP contribution is -2.30. The van der Waals surface area contributed by atoms with Gasteiger partial charge in [-0.1, -0.05) is 0 Å². The number of rotatable bonds is 5. The van der Waals surface area contributed by atoms with Crippen LogP contribution in [0.2, 0.25) is 0 Å². The molecule has 0 amide bonds. The third kappa shape index (κ3) is 6.03. The summed E-state index contributed by atoms with van der Waals surface area (Å²) in [7, 11) is 1.76. The minimum absolute atomic E-state index is 0.0455. The molecule has 0 saturated heterocycles. The van der Waals surface area contributed by atoms with Crippen LogP contribution in [0.25, 0.3) is 0 Å². The molecule has 0 aliphatic heterocycles. The first-order chi connectivity index (χ1) is 9.17. The first kappa shape index (κ1) is 16.5. The summed E-state index contributed by atoms with van der Waals surface area (Å²) in [4.78, 5) is 22.6. The van der Waals surface area contributed by atoms with Crippen LogP contribution in [0.5, 0.6) is 0 Å². The van der Waals surface area contributed by atoms with Crippen LogP contribution in [-0.4, -0.2) is 34.4 Å². The Morgan fingerprint density at radius 2 is 1.90 bits per heavy atom. The van der Waals surface area contributed by atoms with Crippen molar-refractivity contribution in [3.63, 3.8) is 0 Å². The number of non-ortho nitro benzene ring substituents is 1. The summed E-state index contributed by atoms with van der Waals surface area (Å²) in [6.45, 7) is 5.58. The van der Waals surface area contributed by atoms with E-state index in [-0.39, 0.29) is 18.2 Å². The lowest BCUT2D eigenvalue weighted by molar-refractivity contribution is -0.384. The number of nitro groups is 1. The van der Waals surface area contributed by atoms with Crippen molar-refractivity contribution < 1.29 is 14.5 Å². The maximum atomic E-state index is 11.6. The maximum Gasteiger partial charge on any atom is 0.321 e. The van der Waals surface area contributed by atoms with Crippen molar-refractivity contribution in [3.8, 4) is 0 Å². The van der Waals surface area contributed by atoms with E-state index in [0.29, 0.717) is 0 Å². The maximum absolute atomic E-state index is 11.6. The molecule has 0 heterocycles. The number of carbonyl (C=O) groups is 1. The Morgan fingerprint density at radius 1 is 1.35 bits per heavy atom. The number of ether oxygens (including phenoxy) is 1. The average molecular weight is 298 g/mol. The van der Waals surface area contributed by atoms with Gasteiger partial charge in [0, 0.05) is 17.0 Å². The van der Waals surface area contributed by atoms with Gasteiger partial charge < -0.3 is 4.74 Å². The lowest BCUT2D eigenvalue weighted by Gasteiger charge is -2.21. The summed E-state index contributed by atoms with van der Waals surface area (Å²) in [6.07, 6.45) is 0. The van der Waals surface area contributed by atoms with Crippen LogP contribution in [0.15, 0.2) is 29.2 Å². The highest BCUT2D eigenvalue weighted by Gasteiger charge is 2.18. The molecule has 20 heavy (non-hydrogen) atoms. The highest BCUT2D eigenvalue weighted by molar-refractivity contribution is 7.97. The second-order valence-electron chi connectivity index (χ2n) is 5.21. The second kappa shape index (κ2) is 6.71. The van der Waals surface area contributed by atoms with Gasteiger partial charge in [-0.3, -0.25) is 14.9 Å². The molecule has 0 bridgehead atoms. The summed E-state index contributed by atoms with van der Waals surface area (Å²) in [5, 5.41) is 10.5. The van der Waals surface area contributed by atoms with Crippen molar-refractivity contribution >= 4 is 23.6 Å². The highest BCUT2D eigenvalue weighted by Crippen LogP contribution is 2.23. The number of hydrogen-bond donors (Lipinski definition) is 0. The van der Waals surface area contributed by atoms with Gasteiger partial charge in [-0.15, -0.1) is 0 Å². The SMILES string of the molecule is CN(CC(=O)OC(C)(C)C)Sc1ccc([N+](=O)[O-])cc1. The van der Waals surface area contributed by atoms with E-state index in [9.17, 15) is 14.9 Å². The Labute approximate surface area is 122 Å². The Morgan fingerprint density at radius 3 is 2.35 bits per heavy atom. The van der Waals surface area contributed by atoms with Crippen LogP contribution in [0.4, 0.5) is 5.69 Å². The first-order valence-corrected chi connectivity index (χ1v) is 6.80. The van der Waals surface area contributed by atoms with Crippen molar-refractivity contribution in [2.75, 3.05) is 13.6 Å². The van der Waals surface area contributed by atoms with E-state index in [0.717, 1.165) is 4.90 Å². The molecule has 1 aromatic rings. The summed E-state index contributed by atoms with van der Waals surface area (Å²) < 4.78 is 6.93. The zero-order valence-electron chi connectivity index (χ0n) is 12.0. The van der Waals surface area contributed by atoms with E-state index in [2.05, 4.69) is 0 Å². The fourth-order valence-electron chi connectivity index (χ4n) is 1.40. The molecule has 0 aromatic heterocycles. The molecule has 7 heteroatoms. The quantitative estimate of drug-likeness (QED) is 0.360. The Balaban J connectivity index is 2.52. The van der Waals surface area contributed by atoms with Crippen LogP contribution in [0.1, 0.15) is 20.8 Å². The standard InChI is InChI=1S/C13H18N2O4S/c1-13(2,3)19-12(16)9-14(4)20-11-7-5-10(6-8-11)15(17)18/h5-8H,9H2,1-4H3. The Hall–Kier alpha value is -1.60. The largest absolute Gasteiger partial charge is 0.459 e. The minimum Gasteiger partial charge on any atom is -0.459 e. The van der Waals surface area contributed by atoms with Crippen LogP contribution in [-0.2, 0) is 9.53 Å². The van der Waals surface area contributed by atoms with Crippen molar-refractivity contribution in [3.05, 3.63) is 34.4 Å². The summed E-state index contributed by atoms with van der Waals surface area (Å²) >= 11 is 1.33. The number of benzene rings is 1. The molecule has 0 atom stereocenters. The fraction of sp³-hybridized carbons (Fsp3) is 0.462. The predicted molar refractivity (Wildman–Crippen MR) is 77.4 cm³/mol. The molecular formula is C13H18N2O4S. The number of likely N-dealkylation sites (N-methyl/N-ethyl adjacent to an activating group) is 1. The molecule has 0 fully saturated rings. The Kier molecular flexibility index (Phi) is 5.52. The second-order valence-corrected chi connectivity index (χ2v) is 6.49. The molecule has 1 aromatic carbocycles. The third-order valence-electron chi connectivity index (χ3n) is 2.08. The van der Waals surface area contributed by atoms with Gasteiger partial charge in [0.2, 0.25) is 0 Å². The molecule has 1 rings (SSSR count). The number of hydrogen-bond acceptors (Lipinski definition) is 6. The fourth-order valence-corrected chi connectivity index (χ4v) is 2.18. The molecule has 0 aliphatic carbocycles. The smallest absolute Gasteiger partial charge is 0.321 e. The van der Waals surface area contributed by atoms with E-state index < -0.39 is 10.5 Å². The van der Waals surface area contributed by atoms with Gasteiger partial charge in [0.25, 0.3) is 5.69 Å². The van der Waals surface area contributed by atoms with E-state index in [1.54, 1.807) is 23.5 Å². The van der Waals surface area contributed by atoms with Gasteiger partial charge in [0.15, 0.2) is 0 Å². The molecule has 0 radical (unpaired) electrons. The summed E-state index contributed by atoms with van der Waals surface area (Å²) in [5.74, 6) is -0.311. The van der Waals surface area contributed by atoms with Gasteiger partial charge in [-0.05, 0) is 51.9 Å². The van der Waals surface area contributed by atoms with E-state index in [1.165, 1.54) is 24.1 Å². The number of esters is 1. The van der Waals surface area contributed by atoms with Crippen molar-refractivity contribution in [2.24, 2.45) is 0 Å². The minimum atomic E-state index is -0.504. The van der Waals surface area contributed by atoms with E-state index in [1.807, 2.05) is 20.8 Å². The zero-order chi connectivity index (χ0) is 15.3. The van der Waals surface area contributed by atoms with Crippen molar-refractivity contribution in [1.29, 1.82) is 0 Å². The number of nitrogens with zero attached hydrogens (tertiary/aromatic N) is 2. The third-order valence-corrected chi connectivity index (χ3v) is 3.00. The monoisotopic (exact) mass is 298 g/mol. The molecule has 0 spiro atoms. The van der Waals surface area contributed by atoms with Crippen molar-refractivity contribution in [1.82, 2.24) is 4.31 Å². The predicted octanol–water partition coefficient (Wildman–Crippen LogP) is 2.88. The van der Waals surface area contributed by atoms with Crippen LogP contribution < -0.4 is 0 Å². The first-order valence-electron chi connectivity index (χ1n) is 6.03. The molecule has 6 nitrogen and oxygen atoms in total. The lowest BCUT2D eigenvalue weighted by atomic mass is 10.2. The number of nitro benzene ring substituents is 1. The van der Waals surface area contributed by atoms with E-state index >= 15 is 0 Å². The van der Waals surface area contributed by atoms with Crippen LogP contribution >= 0.6 is 11.9 Å². The molecule has 0 saturated carbocycles. The normalized spacial score (nSPS) is 11.4. The van der Waals surface area contributed by atoms with Gasteiger partial charge in [0.05, 0.1) is 4.92 Å². The molecule has 110 valence electrons. The van der Waals surface area contributed by atoms with Gasteiger partial charge >= 0.3 is 5.97 Å². The number of carbonyl (C=O) groups excluding carboxylic acids is 1. The topological polar surface area (TPSA) is 72.7 Å². The van der Waals surface area contributed by atoms with Gasteiger partial charge in [0.1, 0.15) is 12.1 Å². The zero-order valence-corrected chi connectivity index (χ0v) is 12.8. The highest BCUT2D eigenvalue weighted by atomic mass is 32.2. The van der Waals surface area contributed by atoms with E-state index in [4.69, 9.17) is 4.74 Å². The summed E-state index contributed by atoms with van der Waals surface area (Å²) in [6, 6.07) is 6.16. The molecule has 0 aliphatic rings. The van der Waals surface area contributed by atoms with Crippen LogP contribution in [0, 0.1) is 10.1 Å². The average Bonchev–Trinajstić information content (AvgIpc) is 2.26. The molecule has 0 N–H and O–H groups in total.